The molecule has 1 aromatic rings. The van der Waals surface area contributed by atoms with Crippen LogP contribution in [0.15, 0.2) is 30.3 Å². The summed E-state index contributed by atoms with van der Waals surface area (Å²) in [5.74, 6) is 0.857. The second-order valence-corrected chi connectivity index (χ2v) is 7.42. The molecule has 26 heavy (non-hydrogen) atoms. The highest BCUT2D eigenvalue weighted by Gasteiger charge is 2.34. The van der Waals surface area contributed by atoms with Crippen LogP contribution in [0.1, 0.15) is 71.1 Å². The maximum absolute atomic E-state index is 9.95. The van der Waals surface area contributed by atoms with Crippen LogP contribution in [0.2, 0.25) is 0 Å². The summed E-state index contributed by atoms with van der Waals surface area (Å²) in [4.78, 5) is 0. The number of para-hydroxylation sites is 1. The highest BCUT2D eigenvalue weighted by molar-refractivity contribution is 5.21. The Hall–Kier alpha value is -1.10. The molecule has 0 bridgehead atoms. The summed E-state index contributed by atoms with van der Waals surface area (Å²) >= 11 is 0. The second kappa shape index (κ2) is 12.3. The molecular formula is C22H36O4. The number of rotatable bonds is 12. The lowest BCUT2D eigenvalue weighted by atomic mass is 9.95. The van der Waals surface area contributed by atoms with Gasteiger partial charge >= 0.3 is 0 Å². The van der Waals surface area contributed by atoms with Gasteiger partial charge in [0.25, 0.3) is 0 Å². The van der Waals surface area contributed by atoms with Crippen LogP contribution in [-0.2, 0) is 4.74 Å². The molecule has 1 aliphatic heterocycles. The van der Waals surface area contributed by atoms with Crippen LogP contribution < -0.4 is 4.74 Å². The first-order chi connectivity index (χ1) is 12.7. The minimum absolute atomic E-state index is 0.0328. The van der Waals surface area contributed by atoms with Crippen molar-refractivity contribution in [2.45, 2.75) is 95.5 Å². The van der Waals surface area contributed by atoms with Gasteiger partial charge in [-0.05, 0) is 37.8 Å². The average Bonchev–Trinajstić information content (AvgIpc) is 2.67. The van der Waals surface area contributed by atoms with Crippen LogP contribution in [0, 0.1) is 0 Å². The van der Waals surface area contributed by atoms with Crippen molar-refractivity contribution in [3.05, 3.63) is 30.3 Å². The first kappa shape index (κ1) is 21.2. The zero-order valence-electron chi connectivity index (χ0n) is 16.2. The molecule has 0 aliphatic carbocycles. The fourth-order valence-electron chi connectivity index (χ4n) is 3.64. The van der Waals surface area contributed by atoms with E-state index in [0.29, 0.717) is 6.42 Å². The van der Waals surface area contributed by atoms with Gasteiger partial charge < -0.3 is 19.7 Å². The summed E-state index contributed by atoms with van der Waals surface area (Å²) < 4.78 is 12.2. The number of aliphatic hydroxyl groups is 2. The number of hydrogen-bond donors (Lipinski definition) is 2. The van der Waals surface area contributed by atoms with Gasteiger partial charge in [0, 0.05) is 0 Å². The summed E-state index contributed by atoms with van der Waals surface area (Å²) in [6.07, 6.45) is 10.1. The van der Waals surface area contributed by atoms with E-state index in [0.717, 1.165) is 25.0 Å². The maximum atomic E-state index is 9.95. The topological polar surface area (TPSA) is 58.9 Å². The first-order valence-corrected chi connectivity index (χ1v) is 10.4. The van der Waals surface area contributed by atoms with E-state index in [2.05, 4.69) is 6.92 Å². The standard InChI is InChI=1S/C22H36O4/c1-2-3-4-5-6-7-11-14-20(25-18-12-9-8-10-13-18)21-16-15-19(24)22(17-23)26-21/h8-10,12-13,19-24H,2-7,11,14-17H2,1H3/t19-,20?,21-,22+/m0/s1. The molecule has 1 fully saturated rings. The second-order valence-electron chi connectivity index (χ2n) is 7.42. The molecule has 148 valence electrons. The Bertz CT molecular complexity index is 464. The van der Waals surface area contributed by atoms with E-state index in [1.807, 2.05) is 30.3 Å². The summed E-state index contributed by atoms with van der Waals surface area (Å²) in [5, 5.41) is 19.4. The zero-order valence-corrected chi connectivity index (χ0v) is 16.2. The Morgan fingerprint density at radius 1 is 1.04 bits per heavy atom. The van der Waals surface area contributed by atoms with Crippen molar-refractivity contribution in [3.8, 4) is 5.75 Å². The van der Waals surface area contributed by atoms with Crippen LogP contribution >= 0.6 is 0 Å². The van der Waals surface area contributed by atoms with Gasteiger partial charge in [-0.25, -0.2) is 0 Å². The molecule has 0 amide bonds. The highest BCUT2D eigenvalue weighted by atomic mass is 16.6. The van der Waals surface area contributed by atoms with E-state index >= 15 is 0 Å². The van der Waals surface area contributed by atoms with Crippen LogP contribution in [-0.4, -0.2) is 41.2 Å². The molecule has 2 N–H and O–H groups in total. The van der Waals surface area contributed by atoms with Crippen molar-refractivity contribution in [1.82, 2.24) is 0 Å². The quantitative estimate of drug-likeness (QED) is 0.537. The van der Waals surface area contributed by atoms with Gasteiger partial charge in [0.1, 0.15) is 18.0 Å². The molecule has 1 aliphatic rings. The Morgan fingerprint density at radius 2 is 1.73 bits per heavy atom. The van der Waals surface area contributed by atoms with E-state index in [4.69, 9.17) is 9.47 Å². The fraction of sp³-hybridized carbons (Fsp3) is 0.727. The summed E-state index contributed by atoms with van der Waals surface area (Å²) in [7, 11) is 0. The molecule has 4 atom stereocenters. The Balaban J connectivity index is 1.85. The molecule has 1 saturated heterocycles. The molecule has 0 saturated carbocycles. The van der Waals surface area contributed by atoms with Gasteiger partial charge in [-0.15, -0.1) is 0 Å². The SMILES string of the molecule is CCCCCCCCCC(Oc1ccccc1)[C@@H]1CC[C@H](O)[C@@H](CO)O1. The van der Waals surface area contributed by atoms with E-state index < -0.39 is 12.2 Å². The normalized spacial score (nSPS) is 24.3. The lowest BCUT2D eigenvalue weighted by molar-refractivity contribution is -0.160. The lowest BCUT2D eigenvalue weighted by Gasteiger charge is -2.37. The average molecular weight is 365 g/mol. The molecular weight excluding hydrogens is 328 g/mol. The highest BCUT2D eigenvalue weighted by Crippen LogP contribution is 2.27. The smallest absolute Gasteiger partial charge is 0.125 e. The molecule has 0 spiro atoms. The molecule has 1 aromatic carbocycles. The van der Waals surface area contributed by atoms with E-state index in [9.17, 15) is 10.2 Å². The van der Waals surface area contributed by atoms with Gasteiger partial charge in [0.05, 0.1) is 18.8 Å². The van der Waals surface area contributed by atoms with Crippen molar-refractivity contribution in [2.24, 2.45) is 0 Å². The molecule has 1 heterocycles. The summed E-state index contributed by atoms with van der Waals surface area (Å²) in [5.41, 5.74) is 0. The fourth-order valence-corrected chi connectivity index (χ4v) is 3.64. The van der Waals surface area contributed by atoms with Crippen LogP contribution in [0.3, 0.4) is 0 Å². The van der Waals surface area contributed by atoms with Crippen LogP contribution in [0.4, 0.5) is 0 Å². The first-order valence-electron chi connectivity index (χ1n) is 10.4. The third kappa shape index (κ3) is 7.26. The van der Waals surface area contributed by atoms with Crippen molar-refractivity contribution in [2.75, 3.05) is 6.61 Å². The summed E-state index contributed by atoms with van der Waals surface area (Å²) in [6.45, 7) is 2.10. The number of aliphatic hydroxyl groups excluding tert-OH is 2. The lowest BCUT2D eigenvalue weighted by Crippen LogP contribution is -2.47. The minimum Gasteiger partial charge on any atom is -0.488 e. The van der Waals surface area contributed by atoms with Gasteiger partial charge in [-0.2, -0.15) is 0 Å². The zero-order chi connectivity index (χ0) is 18.6. The Labute approximate surface area is 158 Å². The Kier molecular flexibility index (Phi) is 10.0. The molecule has 4 nitrogen and oxygen atoms in total. The Morgan fingerprint density at radius 3 is 2.42 bits per heavy atom. The van der Waals surface area contributed by atoms with Crippen LogP contribution in [0.25, 0.3) is 0 Å². The number of benzene rings is 1. The largest absolute Gasteiger partial charge is 0.488 e. The van der Waals surface area contributed by atoms with Gasteiger partial charge in [-0.3, -0.25) is 0 Å². The van der Waals surface area contributed by atoms with Crippen molar-refractivity contribution >= 4 is 0 Å². The van der Waals surface area contributed by atoms with Crippen molar-refractivity contribution in [3.63, 3.8) is 0 Å². The number of unbranched alkanes of at least 4 members (excludes halogenated alkanes) is 6. The van der Waals surface area contributed by atoms with Crippen LogP contribution in [0.5, 0.6) is 5.75 Å². The van der Waals surface area contributed by atoms with Gasteiger partial charge in [0.15, 0.2) is 0 Å². The number of hydrogen-bond acceptors (Lipinski definition) is 4. The molecule has 1 unspecified atom stereocenters. The third-order valence-corrected chi connectivity index (χ3v) is 5.24. The van der Waals surface area contributed by atoms with Crippen molar-refractivity contribution < 1.29 is 19.7 Å². The van der Waals surface area contributed by atoms with Gasteiger partial charge in [0.2, 0.25) is 0 Å². The predicted molar refractivity (Wildman–Crippen MR) is 104 cm³/mol. The van der Waals surface area contributed by atoms with Crippen molar-refractivity contribution in [1.29, 1.82) is 0 Å². The molecule has 4 heteroatoms. The monoisotopic (exact) mass is 364 g/mol. The molecule has 0 radical (unpaired) electrons. The van der Waals surface area contributed by atoms with E-state index in [1.165, 1.54) is 38.5 Å². The maximum Gasteiger partial charge on any atom is 0.125 e. The predicted octanol–water partition coefficient (Wildman–Crippen LogP) is 4.48. The number of ether oxygens (including phenoxy) is 2. The van der Waals surface area contributed by atoms with E-state index in [-0.39, 0.29) is 18.8 Å². The molecule has 0 aromatic heterocycles. The summed E-state index contributed by atoms with van der Waals surface area (Å²) in [6, 6.07) is 9.87. The van der Waals surface area contributed by atoms with Gasteiger partial charge in [-0.1, -0.05) is 63.6 Å². The third-order valence-electron chi connectivity index (χ3n) is 5.24. The minimum atomic E-state index is -0.577. The van der Waals surface area contributed by atoms with E-state index in [1.54, 1.807) is 0 Å². The molecule has 2 rings (SSSR count).